The third-order valence-electron chi connectivity index (χ3n) is 9.66. The lowest BCUT2D eigenvalue weighted by Crippen LogP contribution is -2.44. The Bertz CT molecular complexity index is 1930. The number of nitrogens with one attached hydrogen (secondary N) is 1. The standard InChI is InChI=1S/C41H54FN7O8S/c1-48(58(51,52)36-11-12-36)39(46-35-9-7-33(8-10-35)41(50)45-16-20-54-22-24-56-26-25-55-23-21-53-19-15-43)29-49-17-13-32(14-18-49)38-3-2-4-40(47-38)57-30-34-6-5-31(28-44)27-37(34)42/h2-10,27,32,36H,11-26,29-30,43H2,1H3,(H,45,50). The van der Waals surface area contributed by atoms with Gasteiger partial charge in [-0.15, -0.1) is 0 Å². The van der Waals surface area contributed by atoms with Crippen molar-refractivity contribution >= 4 is 27.5 Å². The number of piperidine rings is 1. The molecule has 2 aliphatic rings. The summed E-state index contributed by atoms with van der Waals surface area (Å²) in [6, 6.07) is 18.5. The molecule has 2 fully saturated rings. The van der Waals surface area contributed by atoms with Crippen molar-refractivity contribution in [3.63, 3.8) is 0 Å². The Balaban J connectivity index is 1.08. The lowest BCUT2D eigenvalue weighted by Gasteiger charge is -2.33. The van der Waals surface area contributed by atoms with Crippen LogP contribution in [0.5, 0.6) is 5.88 Å². The largest absolute Gasteiger partial charge is 0.473 e. The summed E-state index contributed by atoms with van der Waals surface area (Å²) in [6.45, 7) is 6.07. The van der Waals surface area contributed by atoms with Crippen LogP contribution >= 0.6 is 0 Å². The second kappa shape index (κ2) is 23.2. The van der Waals surface area contributed by atoms with Gasteiger partial charge < -0.3 is 34.7 Å². The lowest BCUT2D eigenvalue weighted by atomic mass is 9.93. The van der Waals surface area contributed by atoms with Gasteiger partial charge >= 0.3 is 0 Å². The van der Waals surface area contributed by atoms with E-state index in [1.54, 1.807) is 43.4 Å². The summed E-state index contributed by atoms with van der Waals surface area (Å²) in [7, 11) is -2.00. The normalized spacial score (nSPS) is 15.2. The monoisotopic (exact) mass is 823 g/mol. The third kappa shape index (κ3) is 14.1. The first-order valence-electron chi connectivity index (χ1n) is 19.6. The first kappa shape index (κ1) is 44.6. The molecule has 314 valence electrons. The van der Waals surface area contributed by atoms with Crippen LogP contribution in [0.3, 0.4) is 0 Å². The predicted molar refractivity (Wildman–Crippen MR) is 216 cm³/mol. The number of carbonyl (C=O) groups excluding carboxylic acids is 1. The molecule has 17 heteroatoms. The maximum atomic E-state index is 14.4. The van der Waals surface area contributed by atoms with Crippen molar-refractivity contribution in [3.05, 3.63) is 88.9 Å². The first-order chi connectivity index (χ1) is 28.2. The van der Waals surface area contributed by atoms with Gasteiger partial charge in [-0.1, -0.05) is 12.1 Å². The summed E-state index contributed by atoms with van der Waals surface area (Å²) < 4.78 is 69.8. The van der Waals surface area contributed by atoms with Crippen molar-refractivity contribution in [2.75, 3.05) is 92.6 Å². The number of carbonyl (C=O) groups is 1. The van der Waals surface area contributed by atoms with Crippen molar-refractivity contribution in [3.8, 4) is 11.9 Å². The van der Waals surface area contributed by atoms with Crippen molar-refractivity contribution in [1.29, 1.82) is 5.26 Å². The molecular weight excluding hydrogens is 770 g/mol. The van der Waals surface area contributed by atoms with Crippen LogP contribution in [0.2, 0.25) is 0 Å². The van der Waals surface area contributed by atoms with E-state index in [-0.39, 0.29) is 24.0 Å². The van der Waals surface area contributed by atoms with E-state index in [2.05, 4.69) is 10.2 Å². The molecule has 1 aliphatic carbocycles. The number of aromatic nitrogens is 1. The number of nitriles is 1. The summed E-state index contributed by atoms with van der Waals surface area (Å²) in [5.74, 6) is 0.198. The fourth-order valence-corrected chi connectivity index (χ4v) is 7.74. The molecule has 3 aromatic rings. The number of amides is 1. The van der Waals surface area contributed by atoms with E-state index in [0.717, 1.165) is 18.5 Å². The Kier molecular flexibility index (Phi) is 17.8. The SMILES string of the molecule is CN(C(CN1CCC(c2cccc(OCc3ccc(C#N)cc3F)n2)CC1)=Nc1ccc(C(=O)NCCOCCOCCOCCOCCN)cc1)S(=O)(=O)C1CC1. The minimum Gasteiger partial charge on any atom is -0.473 e. The zero-order valence-electron chi connectivity index (χ0n) is 33.0. The first-order valence-corrected chi connectivity index (χ1v) is 21.1. The van der Waals surface area contributed by atoms with Gasteiger partial charge in [0.2, 0.25) is 15.9 Å². The van der Waals surface area contributed by atoms with Gasteiger partial charge in [0.1, 0.15) is 18.3 Å². The van der Waals surface area contributed by atoms with Crippen LogP contribution in [0, 0.1) is 17.1 Å². The highest BCUT2D eigenvalue weighted by Gasteiger charge is 2.40. The number of benzene rings is 2. The molecular formula is C41H54FN7O8S. The predicted octanol–water partition coefficient (Wildman–Crippen LogP) is 3.76. The van der Waals surface area contributed by atoms with Crippen LogP contribution in [0.15, 0.2) is 65.7 Å². The number of rotatable bonds is 24. The molecule has 1 aromatic heterocycles. The van der Waals surface area contributed by atoms with Crippen molar-refractivity contribution in [2.24, 2.45) is 10.7 Å². The van der Waals surface area contributed by atoms with Crippen molar-refractivity contribution in [1.82, 2.24) is 19.5 Å². The number of hydrogen-bond acceptors (Lipinski definition) is 13. The molecule has 2 heterocycles. The zero-order chi connectivity index (χ0) is 41.2. The fourth-order valence-electron chi connectivity index (χ4n) is 6.17. The topological polar surface area (TPSA) is 191 Å². The smallest absolute Gasteiger partial charge is 0.251 e. The van der Waals surface area contributed by atoms with Crippen LogP contribution in [0.25, 0.3) is 0 Å². The van der Waals surface area contributed by atoms with E-state index in [9.17, 15) is 17.6 Å². The van der Waals surface area contributed by atoms with Gasteiger partial charge in [-0.2, -0.15) is 5.26 Å². The highest BCUT2D eigenvalue weighted by Crippen LogP contribution is 2.32. The molecule has 0 unspecified atom stereocenters. The summed E-state index contributed by atoms with van der Waals surface area (Å²) in [4.78, 5) is 24.4. The number of hydrogen-bond donors (Lipinski definition) is 2. The molecule has 2 aromatic carbocycles. The Morgan fingerprint density at radius 1 is 0.948 bits per heavy atom. The number of halogens is 1. The van der Waals surface area contributed by atoms with E-state index >= 15 is 0 Å². The maximum Gasteiger partial charge on any atom is 0.251 e. The summed E-state index contributed by atoms with van der Waals surface area (Å²) >= 11 is 0. The number of nitrogens with zero attached hydrogens (tertiary/aromatic N) is 5. The summed E-state index contributed by atoms with van der Waals surface area (Å²) in [5, 5.41) is 11.4. The van der Waals surface area contributed by atoms with Crippen LogP contribution in [-0.2, 0) is 35.6 Å². The number of ether oxygens (including phenoxy) is 5. The Hall–Kier alpha value is -4.54. The molecule has 3 N–H and O–H groups in total. The van der Waals surface area contributed by atoms with Gasteiger partial charge in [0.05, 0.1) is 82.0 Å². The molecule has 1 saturated carbocycles. The number of sulfonamides is 1. The van der Waals surface area contributed by atoms with Gasteiger partial charge in [-0.05, 0) is 81.2 Å². The average molecular weight is 824 g/mol. The average Bonchev–Trinajstić information content (AvgIpc) is 4.10. The molecule has 5 rings (SSSR count). The number of amidine groups is 1. The number of aliphatic imine (C=N–C) groups is 1. The van der Waals surface area contributed by atoms with E-state index in [4.69, 9.17) is 44.7 Å². The molecule has 0 spiro atoms. The van der Waals surface area contributed by atoms with E-state index in [1.165, 1.54) is 16.4 Å². The second-order valence-electron chi connectivity index (χ2n) is 13.9. The molecule has 0 bridgehead atoms. The van der Waals surface area contributed by atoms with Gasteiger partial charge in [0, 0.05) is 48.9 Å². The Morgan fingerprint density at radius 3 is 2.22 bits per heavy atom. The van der Waals surface area contributed by atoms with Gasteiger partial charge in [-0.3, -0.25) is 14.0 Å². The molecule has 0 radical (unpaired) electrons. The minimum absolute atomic E-state index is 0.0135. The molecule has 1 aliphatic heterocycles. The van der Waals surface area contributed by atoms with Crippen molar-refractivity contribution < 1.29 is 41.3 Å². The number of likely N-dealkylation sites (tertiary alicyclic amines) is 1. The molecule has 1 saturated heterocycles. The fraction of sp³-hybridized carbons (Fsp3) is 0.512. The zero-order valence-corrected chi connectivity index (χ0v) is 33.8. The number of nitrogens with two attached hydrogens (primary N) is 1. The number of pyridine rings is 1. The van der Waals surface area contributed by atoms with Crippen LogP contribution in [0.1, 0.15) is 58.8 Å². The van der Waals surface area contributed by atoms with Gasteiger partial charge in [0.25, 0.3) is 5.91 Å². The van der Waals surface area contributed by atoms with Crippen LogP contribution < -0.4 is 15.8 Å². The number of likely N-dealkylation sites (N-methyl/N-ethyl adjacent to an activating group) is 1. The lowest BCUT2D eigenvalue weighted by molar-refractivity contribution is -0.000579. The second-order valence-corrected chi connectivity index (χ2v) is 16.2. The summed E-state index contributed by atoms with van der Waals surface area (Å²) in [5.41, 5.74) is 7.80. The van der Waals surface area contributed by atoms with Gasteiger partial charge in [-0.25, -0.2) is 22.8 Å². The van der Waals surface area contributed by atoms with Crippen LogP contribution in [-0.4, -0.2) is 132 Å². The minimum atomic E-state index is -3.56. The highest BCUT2D eigenvalue weighted by molar-refractivity contribution is 7.90. The molecule has 0 atom stereocenters. The Labute approximate surface area is 340 Å². The third-order valence-corrected chi connectivity index (χ3v) is 12.0. The Morgan fingerprint density at radius 2 is 1.60 bits per heavy atom. The van der Waals surface area contributed by atoms with Crippen molar-refractivity contribution in [2.45, 2.75) is 43.5 Å². The van der Waals surface area contributed by atoms with Gasteiger partial charge in [0.15, 0.2) is 0 Å². The molecule has 58 heavy (non-hydrogen) atoms. The van der Waals surface area contributed by atoms with E-state index in [0.29, 0.717) is 127 Å². The highest BCUT2D eigenvalue weighted by atomic mass is 32.2. The maximum absolute atomic E-state index is 14.4. The molecule has 15 nitrogen and oxygen atoms in total. The van der Waals surface area contributed by atoms with Crippen LogP contribution in [0.4, 0.5) is 10.1 Å². The van der Waals surface area contributed by atoms with E-state index in [1.807, 2.05) is 18.2 Å². The summed E-state index contributed by atoms with van der Waals surface area (Å²) in [6.07, 6.45) is 2.85. The van der Waals surface area contributed by atoms with E-state index < -0.39 is 21.1 Å². The molecule has 1 amide bonds. The quantitative estimate of drug-likeness (QED) is 0.0757.